The van der Waals surface area contributed by atoms with Crippen LogP contribution < -0.4 is 10.9 Å². The van der Waals surface area contributed by atoms with Crippen LogP contribution in [0.2, 0.25) is 0 Å². The summed E-state index contributed by atoms with van der Waals surface area (Å²) in [6.07, 6.45) is -0.680. The van der Waals surface area contributed by atoms with Gasteiger partial charge in [0, 0.05) is 0 Å². The van der Waals surface area contributed by atoms with Crippen LogP contribution in [0.1, 0.15) is 13.3 Å². The number of hydrogen-bond donors (Lipinski definition) is 3. The molecule has 0 rings (SSSR count). The van der Waals surface area contributed by atoms with E-state index in [0.717, 1.165) is 5.54 Å². The highest BCUT2D eigenvalue weighted by molar-refractivity contribution is 5.89. The second-order valence-corrected chi connectivity index (χ2v) is 2.68. The number of nitrogens with one attached hydrogen (secondary N) is 2. The van der Waals surface area contributed by atoms with E-state index in [1.165, 1.54) is 6.92 Å². The molecule has 7 heteroatoms. The predicted molar refractivity (Wildman–Crippen MR) is 44.0 cm³/mol. The van der Waals surface area contributed by atoms with Gasteiger partial charge in [0.15, 0.2) is 0 Å². The van der Waals surface area contributed by atoms with Crippen LogP contribution in [0.4, 0.5) is 4.48 Å². The van der Waals surface area contributed by atoms with E-state index in [1.807, 2.05) is 0 Å². The Balaban J connectivity index is 4.04. The number of carboxylic acid groups (broad SMARTS) is 1. The van der Waals surface area contributed by atoms with Crippen molar-refractivity contribution in [3.63, 3.8) is 0 Å². The van der Waals surface area contributed by atoms with Gasteiger partial charge in [-0.25, -0.2) is 0 Å². The van der Waals surface area contributed by atoms with Crippen molar-refractivity contribution in [1.29, 1.82) is 0 Å². The zero-order valence-electron chi connectivity index (χ0n) is 7.54. The zero-order chi connectivity index (χ0) is 11.1. The van der Waals surface area contributed by atoms with Gasteiger partial charge >= 0.3 is 5.97 Å². The zero-order valence-corrected chi connectivity index (χ0v) is 7.54. The lowest BCUT2D eigenvalue weighted by molar-refractivity contribution is -0.140. The molecule has 0 aromatic heterocycles. The first-order chi connectivity index (χ1) is 6.47. The lowest BCUT2D eigenvalue weighted by Crippen LogP contribution is -2.43. The summed E-state index contributed by atoms with van der Waals surface area (Å²) in [4.78, 5) is 31.6. The number of hydrogen-bond acceptors (Lipinski definition) is 4. The van der Waals surface area contributed by atoms with E-state index in [2.05, 4.69) is 5.32 Å². The van der Waals surface area contributed by atoms with Crippen molar-refractivity contribution >= 4 is 17.7 Å². The molecule has 0 aliphatic carbocycles. The fraction of sp³-hybridized carbons (Fsp3) is 0.571. The predicted octanol–water partition coefficient (Wildman–Crippen LogP) is -0.991. The van der Waals surface area contributed by atoms with Crippen LogP contribution in [-0.4, -0.2) is 35.4 Å². The maximum atomic E-state index is 11.9. The Bertz CT molecular complexity index is 244. The standard InChI is InChI=1S/C7H11FN2O4/c1-4(11)3-9-7(14)5(10-8)2-6(12)13/h5,10H,2-3H2,1H3,(H,9,14)(H,12,13)/t5-/m0/s1. The molecule has 0 saturated carbocycles. The van der Waals surface area contributed by atoms with Crippen molar-refractivity contribution in [1.82, 2.24) is 10.9 Å². The van der Waals surface area contributed by atoms with Gasteiger partial charge in [0.25, 0.3) is 0 Å². The van der Waals surface area contributed by atoms with Crippen LogP contribution in [0.5, 0.6) is 0 Å². The average Bonchev–Trinajstić information content (AvgIpc) is 2.09. The molecule has 1 atom stereocenters. The maximum absolute atomic E-state index is 11.9. The monoisotopic (exact) mass is 206 g/mol. The topological polar surface area (TPSA) is 95.5 Å². The molecule has 0 aliphatic heterocycles. The minimum Gasteiger partial charge on any atom is -0.481 e. The van der Waals surface area contributed by atoms with E-state index in [1.54, 1.807) is 0 Å². The number of aliphatic carboxylic acids is 1. The van der Waals surface area contributed by atoms with Gasteiger partial charge in [0.1, 0.15) is 11.8 Å². The highest BCUT2D eigenvalue weighted by atomic mass is 19.2. The van der Waals surface area contributed by atoms with Gasteiger partial charge in [-0.2, -0.15) is 0 Å². The van der Waals surface area contributed by atoms with E-state index in [-0.39, 0.29) is 12.3 Å². The number of carbonyl (C=O) groups excluding carboxylic acids is 2. The second kappa shape index (κ2) is 6.03. The molecule has 0 heterocycles. The summed E-state index contributed by atoms with van der Waals surface area (Å²) in [5.41, 5.74) is 1.05. The summed E-state index contributed by atoms with van der Waals surface area (Å²) >= 11 is 0. The highest BCUT2D eigenvalue weighted by Crippen LogP contribution is 1.92. The Labute approximate surface area is 79.4 Å². The molecular formula is C7H11FN2O4. The van der Waals surface area contributed by atoms with Crippen molar-refractivity contribution in [2.45, 2.75) is 19.4 Å². The molecule has 0 radical (unpaired) electrons. The van der Waals surface area contributed by atoms with Gasteiger partial charge in [-0.3, -0.25) is 14.4 Å². The number of carbonyl (C=O) groups is 3. The number of ketones is 1. The van der Waals surface area contributed by atoms with Crippen LogP contribution >= 0.6 is 0 Å². The summed E-state index contributed by atoms with van der Waals surface area (Å²) in [7, 11) is 0. The third-order valence-corrected chi connectivity index (χ3v) is 1.34. The minimum atomic E-state index is -1.47. The van der Waals surface area contributed by atoms with E-state index in [9.17, 15) is 18.9 Å². The molecule has 6 nitrogen and oxygen atoms in total. The van der Waals surface area contributed by atoms with Crippen molar-refractivity contribution < 1.29 is 24.0 Å². The molecule has 1 amide bonds. The average molecular weight is 206 g/mol. The lowest BCUT2D eigenvalue weighted by atomic mass is 10.2. The molecule has 0 spiro atoms. The molecule has 0 saturated heterocycles. The Morgan fingerprint density at radius 3 is 2.36 bits per heavy atom. The lowest BCUT2D eigenvalue weighted by Gasteiger charge is -2.10. The van der Waals surface area contributed by atoms with Crippen LogP contribution in [0.3, 0.4) is 0 Å². The largest absolute Gasteiger partial charge is 0.481 e. The van der Waals surface area contributed by atoms with Crippen LogP contribution in [0.25, 0.3) is 0 Å². The number of Topliss-reactive ketones (excluding diaryl/α,β-unsaturated/α-hetero) is 1. The van der Waals surface area contributed by atoms with Crippen molar-refractivity contribution in [3.05, 3.63) is 0 Å². The number of carboxylic acids is 1. The highest BCUT2D eigenvalue weighted by Gasteiger charge is 2.21. The van der Waals surface area contributed by atoms with E-state index in [0.29, 0.717) is 0 Å². The minimum absolute atomic E-state index is 0.239. The fourth-order valence-electron chi connectivity index (χ4n) is 0.690. The van der Waals surface area contributed by atoms with Crippen molar-refractivity contribution in [2.24, 2.45) is 0 Å². The molecular weight excluding hydrogens is 195 g/mol. The smallest absolute Gasteiger partial charge is 0.305 e. The Kier molecular flexibility index (Phi) is 5.38. The van der Waals surface area contributed by atoms with Crippen molar-refractivity contribution in [3.8, 4) is 0 Å². The number of halogens is 1. The van der Waals surface area contributed by atoms with Gasteiger partial charge in [-0.05, 0) is 6.92 Å². The van der Waals surface area contributed by atoms with Crippen molar-refractivity contribution in [2.75, 3.05) is 6.54 Å². The summed E-state index contributed by atoms with van der Waals surface area (Å²) in [6.45, 7) is 1.01. The van der Waals surface area contributed by atoms with Gasteiger partial charge in [-0.15, -0.1) is 10.0 Å². The Hall–Kier alpha value is -1.50. The summed E-state index contributed by atoms with van der Waals surface area (Å²) in [6, 6.07) is -1.47. The quantitative estimate of drug-likeness (QED) is 0.485. The first kappa shape index (κ1) is 12.5. The fourth-order valence-corrected chi connectivity index (χ4v) is 0.690. The maximum Gasteiger partial charge on any atom is 0.305 e. The van der Waals surface area contributed by atoms with E-state index in [4.69, 9.17) is 5.11 Å². The molecule has 0 aromatic rings. The van der Waals surface area contributed by atoms with Crippen LogP contribution in [-0.2, 0) is 14.4 Å². The van der Waals surface area contributed by atoms with E-state index < -0.39 is 24.3 Å². The molecule has 0 bridgehead atoms. The van der Waals surface area contributed by atoms with Gasteiger partial charge in [0.2, 0.25) is 5.91 Å². The molecule has 0 aromatic carbocycles. The first-order valence-electron chi connectivity index (χ1n) is 3.82. The molecule has 0 aliphatic rings. The Morgan fingerprint density at radius 2 is 2.00 bits per heavy atom. The summed E-state index contributed by atoms with van der Waals surface area (Å²) in [5.74, 6) is -2.46. The molecule has 0 unspecified atom stereocenters. The van der Waals surface area contributed by atoms with Crippen LogP contribution in [0, 0.1) is 0 Å². The SMILES string of the molecule is CC(=O)CNC(=O)[C@H](CC(=O)O)NF. The molecule has 0 fully saturated rings. The second-order valence-electron chi connectivity index (χ2n) is 2.68. The summed E-state index contributed by atoms with van der Waals surface area (Å²) in [5, 5.41) is 10.4. The number of amides is 1. The third-order valence-electron chi connectivity index (χ3n) is 1.34. The number of rotatable bonds is 6. The van der Waals surface area contributed by atoms with Gasteiger partial charge < -0.3 is 10.4 Å². The third kappa shape index (κ3) is 5.20. The molecule has 3 N–H and O–H groups in total. The van der Waals surface area contributed by atoms with Crippen LogP contribution in [0.15, 0.2) is 0 Å². The normalized spacial score (nSPS) is 11.9. The Morgan fingerprint density at radius 1 is 1.43 bits per heavy atom. The van der Waals surface area contributed by atoms with E-state index >= 15 is 0 Å². The van der Waals surface area contributed by atoms with Gasteiger partial charge in [-0.1, -0.05) is 0 Å². The summed E-state index contributed by atoms with van der Waals surface area (Å²) < 4.78 is 11.9. The van der Waals surface area contributed by atoms with Gasteiger partial charge in [0.05, 0.1) is 13.0 Å². The first-order valence-corrected chi connectivity index (χ1v) is 3.82. The molecule has 14 heavy (non-hydrogen) atoms. The molecule has 80 valence electrons.